The molecule has 3 rings (SSSR count). The summed E-state index contributed by atoms with van der Waals surface area (Å²) in [4.78, 5) is 0.620. The van der Waals surface area contributed by atoms with Crippen molar-refractivity contribution in [3.8, 4) is 0 Å². The van der Waals surface area contributed by atoms with Crippen molar-refractivity contribution in [2.45, 2.75) is 23.8 Å². The molecule has 1 saturated heterocycles. The first-order valence-electron chi connectivity index (χ1n) is 6.28. The number of nitrogens with zero attached hydrogens (tertiary/aromatic N) is 1. The van der Waals surface area contributed by atoms with Crippen LogP contribution in [0.3, 0.4) is 0 Å². The number of para-hydroxylation sites is 1. The first-order chi connectivity index (χ1) is 8.69. The predicted octanol–water partition coefficient (Wildman–Crippen LogP) is 2.15. The second-order valence-electron chi connectivity index (χ2n) is 4.75. The molecule has 100 valence electrons. The molecule has 4 N–H and O–H groups in total. The molecule has 5 nitrogen and oxygen atoms in total. The molecule has 0 aliphatic carbocycles. The Hall–Kier alpha value is -0.790. The van der Waals surface area contributed by atoms with E-state index in [0.717, 1.165) is 31.6 Å². The maximum Gasteiger partial charge on any atom is 0.0984 e. The summed E-state index contributed by atoms with van der Waals surface area (Å²) in [5, 5.41) is 6.57. The fourth-order valence-corrected chi connectivity index (χ4v) is 4.48. The molecule has 0 bridgehead atoms. The van der Waals surface area contributed by atoms with Crippen molar-refractivity contribution in [2.24, 2.45) is 0 Å². The lowest BCUT2D eigenvalue weighted by Gasteiger charge is -2.51. The molecule has 2 aliphatic rings. The van der Waals surface area contributed by atoms with Gasteiger partial charge in [0.05, 0.1) is 17.3 Å². The van der Waals surface area contributed by atoms with E-state index < -0.39 is 10.8 Å². The molecule has 0 spiro atoms. The molecule has 2 aliphatic heterocycles. The van der Waals surface area contributed by atoms with Crippen molar-refractivity contribution in [2.75, 3.05) is 25.1 Å². The lowest BCUT2D eigenvalue weighted by atomic mass is 10.1. The minimum atomic E-state index is -2.84. The summed E-state index contributed by atoms with van der Waals surface area (Å²) in [6.07, 6.45) is 1.92. The van der Waals surface area contributed by atoms with Gasteiger partial charge in [-0.3, -0.25) is 9.11 Å². The minimum Gasteiger partial charge on any atom is -0.369 e. The standard InChI is InChI=1S/C12H19N3O2S/c16-18(17)12-4-2-1-3-11(12)14-9-15(18)10-5-7-13-8-6-10/h1-4,10,13-14,16-17H,5-9H2. The van der Waals surface area contributed by atoms with E-state index in [2.05, 4.69) is 10.6 Å². The van der Waals surface area contributed by atoms with Crippen molar-refractivity contribution in [3.63, 3.8) is 0 Å². The summed E-state index contributed by atoms with van der Waals surface area (Å²) in [6.45, 7) is 2.39. The number of rotatable bonds is 1. The zero-order valence-corrected chi connectivity index (χ0v) is 11.0. The molecule has 6 heteroatoms. The van der Waals surface area contributed by atoms with Gasteiger partial charge in [0.15, 0.2) is 0 Å². The average Bonchev–Trinajstić information content (AvgIpc) is 2.40. The molecular weight excluding hydrogens is 250 g/mol. The summed E-state index contributed by atoms with van der Waals surface area (Å²) in [7, 11) is -2.84. The van der Waals surface area contributed by atoms with Gasteiger partial charge < -0.3 is 10.6 Å². The maximum atomic E-state index is 10.5. The Bertz CT molecular complexity index is 435. The summed E-state index contributed by atoms with van der Waals surface area (Å²) >= 11 is 0. The topological polar surface area (TPSA) is 67.8 Å². The summed E-state index contributed by atoms with van der Waals surface area (Å²) in [5.74, 6) is 0. The average molecular weight is 269 g/mol. The van der Waals surface area contributed by atoms with Crippen molar-refractivity contribution in [1.29, 1.82) is 0 Å². The highest BCUT2D eigenvalue weighted by atomic mass is 32.3. The Morgan fingerprint density at radius 2 is 1.89 bits per heavy atom. The maximum absolute atomic E-state index is 10.5. The Labute approximate surface area is 109 Å². The third-order valence-corrected chi connectivity index (χ3v) is 5.68. The number of benzene rings is 1. The largest absolute Gasteiger partial charge is 0.369 e. The van der Waals surface area contributed by atoms with Crippen molar-refractivity contribution < 1.29 is 9.11 Å². The molecule has 0 saturated carbocycles. The lowest BCUT2D eigenvalue weighted by molar-refractivity contribution is 0.243. The van der Waals surface area contributed by atoms with E-state index in [-0.39, 0.29) is 6.04 Å². The van der Waals surface area contributed by atoms with Crippen LogP contribution in [0.2, 0.25) is 0 Å². The summed E-state index contributed by atoms with van der Waals surface area (Å²) in [5.41, 5.74) is 0.836. The van der Waals surface area contributed by atoms with E-state index in [1.807, 2.05) is 22.5 Å². The van der Waals surface area contributed by atoms with Gasteiger partial charge >= 0.3 is 0 Å². The molecule has 0 unspecified atom stereocenters. The number of fused-ring (bicyclic) bond motifs is 1. The Morgan fingerprint density at radius 3 is 2.67 bits per heavy atom. The highest BCUT2D eigenvalue weighted by Crippen LogP contribution is 2.58. The molecule has 1 fully saturated rings. The fourth-order valence-electron chi connectivity index (χ4n) is 2.66. The highest BCUT2D eigenvalue weighted by Gasteiger charge is 2.36. The van der Waals surface area contributed by atoms with E-state index in [1.165, 1.54) is 0 Å². The van der Waals surface area contributed by atoms with E-state index in [9.17, 15) is 9.11 Å². The van der Waals surface area contributed by atoms with E-state index in [1.54, 1.807) is 6.07 Å². The summed E-state index contributed by atoms with van der Waals surface area (Å²) < 4.78 is 22.9. The molecule has 0 radical (unpaired) electrons. The van der Waals surface area contributed by atoms with Crippen LogP contribution in [0.4, 0.5) is 5.69 Å². The van der Waals surface area contributed by atoms with Gasteiger partial charge in [-0.05, 0) is 38.1 Å². The van der Waals surface area contributed by atoms with Gasteiger partial charge in [0, 0.05) is 6.04 Å². The molecule has 0 amide bonds. The molecule has 2 heterocycles. The Balaban J connectivity index is 1.90. The van der Waals surface area contributed by atoms with Gasteiger partial charge in [0.2, 0.25) is 0 Å². The third-order valence-electron chi connectivity index (χ3n) is 3.65. The molecule has 0 aromatic heterocycles. The monoisotopic (exact) mass is 269 g/mol. The summed E-state index contributed by atoms with van der Waals surface area (Å²) in [6, 6.07) is 7.67. The molecule has 18 heavy (non-hydrogen) atoms. The van der Waals surface area contributed by atoms with Crippen LogP contribution in [0.15, 0.2) is 29.2 Å². The smallest absolute Gasteiger partial charge is 0.0984 e. The Morgan fingerprint density at radius 1 is 1.17 bits per heavy atom. The molecule has 1 aromatic carbocycles. The van der Waals surface area contributed by atoms with Gasteiger partial charge in [-0.25, -0.2) is 0 Å². The number of hydrogen-bond donors (Lipinski definition) is 4. The number of hydrogen-bond acceptors (Lipinski definition) is 5. The second kappa shape index (κ2) is 4.71. The van der Waals surface area contributed by atoms with Crippen LogP contribution in [0.25, 0.3) is 0 Å². The van der Waals surface area contributed by atoms with Crippen molar-refractivity contribution in [1.82, 2.24) is 9.62 Å². The van der Waals surface area contributed by atoms with E-state index >= 15 is 0 Å². The van der Waals surface area contributed by atoms with Crippen LogP contribution < -0.4 is 10.6 Å². The van der Waals surface area contributed by atoms with E-state index in [0.29, 0.717) is 11.6 Å². The zero-order chi connectivity index (χ0) is 12.6. The molecular formula is C12H19N3O2S. The quantitative estimate of drug-likeness (QED) is 0.629. The minimum absolute atomic E-state index is 0.233. The SMILES string of the molecule is OS1(O)c2ccccc2NCN1C1CCNCC1. The second-order valence-corrected chi connectivity index (χ2v) is 6.69. The van der Waals surface area contributed by atoms with Gasteiger partial charge in [-0.2, -0.15) is 4.31 Å². The molecule has 1 aromatic rings. The van der Waals surface area contributed by atoms with Crippen molar-refractivity contribution in [3.05, 3.63) is 24.3 Å². The van der Waals surface area contributed by atoms with Crippen LogP contribution in [0.1, 0.15) is 12.8 Å². The highest BCUT2D eigenvalue weighted by molar-refractivity contribution is 8.22. The number of piperidine rings is 1. The number of anilines is 1. The molecule has 0 atom stereocenters. The third kappa shape index (κ3) is 2.00. The normalized spacial score (nSPS) is 26.1. The van der Waals surface area contributed by atoms with Crippen LogP contribution in [0.5, 0.6) is 0 Å². The van der Waals surface area contributed by atoms with Gasteiger partial charge in [0.25, 0.3) is 0 Å². The van der Waals surface area contributed by atoms with Crippen molar-refractivity contribution >= 4 is 16.5 Å². The van der Waals surface area contributed by atoms with Crippen LogP contribution in [0, 0.1) is 0 Å². The van der Waals surface area contributed by atoms with Crippen LogP contribution in [-0.2, 0) is 0 Å². The Kier molecular flexibility index (Phi) is 3.21. The van der Waals surface area contributed by atoms with Gasteiger partial charge in [-0.1, -0.05) is 12.1 Å². The van der Waals surface area contributed by atoms with Gasteiger partial charge in [-0.15, -0.1) is 10.8 Å². The predicted molar refractivity (Wildman–Crippen MR) is 73.8 cm³/mol. The number of nitrogens with one attached hydrogen (secondary N) is 2. The van der Waals surface area contributed by atoms with E-state index in [4.69, 9.17) is 0 Å². The lowest BCUT2D eigenvalue weighted by Crippen LogP contribution is -2.48. The first kappa shape index (κ1) is 12.3. The van der Waals surface area contributed by atoms with Crippen LogP contribution in [-0.4, -0.2) is 39.2 Å². The fraction of sp³-hybridized carbons (Fsp3) is 0.500. The van der Waals surface area contributed by atoms with Crippen LogP contribution >= 0.6 is 10.8 Å². The van der Waals surface area contributed by atoms with Gasteiger partial charge in [0.1, 0.15) is 0 Å². The zero-order valence-electron chi connectivity index (χ0n) is 10.2. The first-order valence-corrected chi connectivity index (χ1v) is 7.78.